The number of aliphatic carboxylic acids is 1. The third-order valence-electron chi connectivity index (χ3n) is 3.14. The molecule has 0 aromatic heterocycles. The zero-order valence-corrected chi connectivity index (χ0v) is 10.2. The summed E-state index contributed by atoms with van der Waals surface area (Å²) in [5.74, 6) is 1.23. The molecular weight excluding hydrogens is 220 g/mol. The Bertz CT molecular complexity index is 389. The van der Waals surface area contributed by atoms with Crippen LogP contribution in [0.25, 0.3) is 0 Å². The molecule has 2 nitrogen and oxygen atoms in total. The van der Waals surface area contributed by atoms with Gasteiger partial charge in [-0.1, -0.05) is 29.8 Å². The van der Waals surface area contributed by atoms with E-state index in [0.29, 0.717) is 0 Å². The van der Waals surface area contributed by atoms with Gasteiger partial charge in [-0.3, -0.25) is 4.79 Å². The van der Waals surface area contributed by atoms with Crippen LogP contribution in [0.1, 0.15) is 23.5 Å². The van der Waals surface area contributed by atoms with Gasteiger partial charge < -0.3 is 5.11 Å². The van der Waals surface area contributed by atoms with Crippen molar-refractivity contribution >= 4 is 17.7 Å². The van der Waals surface area contributed by atoms with Gasteiger partial charge in [-0.05, 0) is 24.7 Å². The summed E-state index contributed by atoms with van der Waals surface area (Å²) in [4.78, 5) is 11.2. The number of benzene rings is 1. The monoisotopic (exact) mass is 236 g/mol. The van der Waals surface area contributed by atoms with Crippen LogP contribution in [0.3, 0.4) is 0 Å². The smallest absolute Gasteiger partial charge is 0.307 e. The fourth-order valence-corrected chi connectivity index (χ4v) is 3.53. The van der Waals surface area contributed by atoms with Crippen molar-refractivity contribution in [2.75, 3.05) is 11.5 Å². The third kappa shape index (κ3) is 2.40. The lowest BCUT2D eigenvalue weighted by Crippen LogP contribution is -2.28. The lowest BCUT2D eigenvalue weighted by Gasteiger charge is -2.28. The number of carbonyl (C=O) groups is 1. The normalized spacial score (nSPS) is 25.3. The Morgan fingerprint density at radius 2 is 2.31 bits per heavy atom. The summed E-state index contributed by atoms with van der Waals surface area (Å²) in [7, 11) is 0. The molecular formula is C13H16O2S. The Morgan fingerprint density at radius 3 is 3.00 bits per heavy atom. The minimum Gasteiger partial charge on any atom is -0.481 e. The molecule has 0 spiro atoms. The Kier molecular flexibility index (Phi) is 3.54. The zero-order chi connectivity index (χ0) is 11.5. The molecule has 0 radical (unpaired) electrons. The number of carboxylic acids is 1. The maximum absolute atomic E-state index is 11.2. The van der Waals surface area contributed by atoms with Crippen molar-refractivity contribution in [3.63, 3.8) is 0 Å². The first-order chi connectivity index (χ1) is 7.68. The number of thioether (sulfide) groups is 1. The van der Waals surface area contributed by atoms with E-state index < -0.39 is 5.97 Å². The molecule has 1 aromatic carbocycles. The van der Waals surface area contributed by atoms with Crippen molar-refractivity contribution in [1.29, 1.82) is 0 Å². The van der Waals surface area contributed by atoms with E-state index in [4.69, 9.17) is 0 Å². The molecule has 1 saturated heterocycles. The second-order valence-electron chi connectivity index (χ2n) is 4.33. The molecule has 2 rings (SSSR count). The highest BCUT2D eigenvalue weighted by Crippen LogP contribution is 2.36. The maximum atomic E-state index is 11.2. The SMILES string of the molecule is Cc1cccc(C2CSCCC2C(=O)O)c1. The van der Waals surface area contributed by atoms with Crippen LogP contribution in [0.2, 0.25) is 0 Å². The summed E-state index contributed by atoms with van der Waals surface area (Å²) in [6.45, 7) is 2.05. The lowest BCUT2D eigenvalue weighted by molar-refractivity contribution is -0.142. The molecule has 86 valence electrons. The molecule has 1 aliphatic rings. The number of carboxylic acid groups (broad SMARTS) is 1. The molecule has 0 aliphatic carbocycles. The Labute approximate surface area is 100 Å². The van der Waals surface area contributed by atoms with E-state index in [9.17, 15) is 9.90 Å². The van der Waals surface area contributed by atoms with E-state index in [2.05, 4.69) is 25.1 Å². The molecule has 0 amide bonds. The van der Waals surface area contributed by atoms with Gasteiger partial charge in [0.05, 0.1) is 5.92 Å². The Morgan fingerprint density at radius 1 is 1.50 bits per heavy atom. The van der Waals surface area contributed by atoms with Crippen LogP contribution < -0.4 is 0 Å². The lowest BCUT2D eigenvalue weighted by atomic mass is 9.85. The molecule has 16 heavy (non-hydrogen) atoms. The van der Waals surface area contributed by atoms with E-state index in [1.54, 1.807) is 0 Å². The molecule has 0 bridgehead atoms. The van der Waals surface area contributed by atoms with Gasteiger partial charge in [0.2, 0.25) is 0 Å². The molecule has 1 aliphatic heterocycles. The zero-order valence-electron chi connectivity index (χ0n) is 9.35. The standard InChI is InChI=1S/C13H16O2S/c1-9-3-2-4-10(7-9)12-8-16-6-5-11(12)13(14)15/h2-4,7,11-12H,5-6,8H2,1H3,(H,14,15). The van der Waals surface area contributed by atoms with Gasteiger partial charge in [0.1, 0.15) is 0 Å². The van der Waals surface area contributed by atoms with Crippen molar-refractivity contribution in [2.24, 2.45) is 5.92 Å². The van der Waals surface area contributed by atoms with Crippen LogP contribution in [0.15, 0.2) is 24.3 Å². The fraction of sp³-hybridized carbons (Fsp3) is 0.462. The van der Waals surface area contributed by atoms with Crippen LogP contribution in [-0.4, -0.2) is 22.6 Å². The molecule has 1 heterocycles. The van der Waals surface area contributed by atoms with E-state index >= 15 is 0 Å². The summed E-state index contributed by atoms with van der Waals surface area (Å²) in [5.41, 5.74) is 2.39. The van der Waals surface area contributed by atoms with Gasteiger partial charge in [0.25, 0.3) is 0 Å². The largest absolute Gasteiger partial charge is 0.481 e. The van der Waals surface area contributed by atoms with Crippen molar-refractivity contribution in [1.82, 2.24) is 0 Å². The summed E-state index contributed by atoms with van der Waals surface area (Å²) in [6, 6.07) is 8.24. The molecule has 1 N–H and O–H groups in total. The summed E-state index contributed by atoms with van der Waals surface area (Å²) in [5, 5.41) is 9.23. The molecule has 1 fully saturated rings. The van der Waals surface area contributed by atoms with E-state index in [-0.39, 0.29) is 11.8 Å². The van der Waals surface area contributed by atoms with E-state index in [0.717, 1.165) is 17.9 Å². The van der Waals surface area contributed by atoms with Gasteiger partial charge in [-0.15, -0.1) is 0 Å². The Balaban J connectivity index is 2.26. The molecule has 0 saturated carbocycles. The van der Waals surface area contributed by atoms with Gasteiger partial charge >= 0.3 is 5.97 Å². The number of hydrogen-bond acceptors (Lipinski definition) is 2. The summed E-state index contributed by atoms with van der Waals surface area (Å²) < 4.78 is 0. The fourth-order valence-electron chi connectivity index (χ4n) is 2.26. The topological polar surface area (TPSA) is 37.3 Å². The summed E-state index contributed by atoms with van der Waals surface area (Å²) >= 11 is 1.86. The average Bonchev–Trinajstić information content (AvgIpc) is 2.29. The predicted molar refractivity (Wildman–Crippen MR) is 67.0 cm³/mol. The quantitative estimate of drug-likeness (QED) is 0.858. The van der Waals surface area contributed by atoms with Crippen molar-refractivity contribution < 1.29 is 9.90 Å². The third-order valence-corrected chi connectivity index (χ3v) is 4.26. The van der Waals surface area contributed by atoms with Gasteiger partial charge in [0, 0.05) is 11.7 Å². The molecule has 3 heteroatoms. The van der Waals surface area contributed by atoms with Crippen LogP contribution >= 0.6 is 11.8 Å². The van der Waals surface area contributed by atoms with Gasteiger partial charge in [-0.25, -0.2) is 0 Å². The van der Waals surface area contributed by atoms with Gasteiger partial charge in [0.15, 0.2) is 0 Å². The highest BCUT2D eigenvalue weighted by atomic mass is 32.2. The first kappa shape index (κ1) is 11.5. The summed E-state index contributed by atoms with van der Waals surface area (Å²) in [6.07, 6.45) is 0.790. The van der Waals surface area contributed by atoms with E-state index in [1.807, 2.05) is 17.8 Å². The molecule has 1 aromatic rings. The van der Waals surface area contributed by atoms with Gasteiger partial charge in [-0.2, -0.15) is 11.8 Å². The van der Waals surface area contributed by atoms with Crippen molar-refractivity contribution in [2.45, 2.75) is 19.3 Å². The first-order valence-electron chi connectivity index (χ1n) is 5.55. The predicted octanol–water partition coefficient (Wildman–Crippen LogP) is 2.92. The van der Waals surface area contributed by atoms with Crippen LogP contribution in [0.5, 0.6) is 0 Å². The van der Waals surface area contributed by atoms with E-state index in [1.165, 1.54) is 11.1 Å². The maximum Gasteiger partial charge on any atom is 0.307 e. The average molecular weight is 236 g/mol. The number of aryl methyl sites for hydroxylation is 1. The van der Waals surface area contributed by atoms with Crippen LogP contribution in [0, 0.1) is 12.8 Å². The van der Waals surface area contributed by atoms with Crippen LogP contribution in [-0.2, 0) is 4.79 Å². The number of rotatable bonds is 2. The number of hydrogen-bond donors (Lipinski definition) is 1. The highest BCUT2D eigenvalue weighted by molar-refractivity contribution is 7.99. The Hall–Kier alpha value is -0.960. The minimum absolute atomic E-state index is 0.177. The molecule has 2 atom stereocenters. The van der Waals surface area contributed by atoms with Crippen molar-refractivity contribution in [3.05, 3.63) is 35.4 Å². The van der Waals surface area contributed by atoms with Crippen molar-refractivity contribution in [3.8, 4) is 0 Å². The highest BCUT2D eigenvalue weighted by Gasteiger charge is 2.32. The molecule has 2 unspecified atom stereocenters. The second-order valence-corrected chi connectivity index (χ2v) is 5.48. The minimum atomic E-state index is -0.646. The first-order valence-corrected chi connectivity index (χ1v) is 6.71. The second kappa shape index (κ2) is 4.91. The van der Waals surface area contributed by atoms with Crippen LogP contribution in [0.4, 0.5) is 0 Å².